The minimum atomic E-state index is -0.227. The Hall–Kier alpha value is -1.88. The third-order valence-corrected chi connectivity index (χ3v) is 3.53. The fourth-order valence-corrected chi connectivity index (χ4v) is 2.69. The van der Waals surface area contributed by atoms with Gasteiger partial charge in [-0.3, -0.25) is 5.10 Å². The maximum atomic E-state index is 13.0. The lowest BCUT2D eigenvalue weighted by Gasteiger charge is -1.91. The van der Waals surface area contributed by atoms with Crippen LogP contribution in [-0.2, 0) is 0 Å². The second kappa shape index (κ2) is 3.31. The van der Waals surface area contributed by atoms with Crippen LogP contribution in [0.5, 0.6) is 0 Å². The van der Waals surface area contributed by atoms with Crippen LogP contribution in [-0.4, -0.2) is 10.2 Å². The van der Waals surface area contributed by atoms with Crippen LogP contribution in [0.1, 0.15) is 0 Å². The number of benzene rings is 1. The van der Waals surface area contributed by atoms with Gasteiger partial charge in [0.15, 0.2) is 0 Å². The van der Waals surface area contributed by atoms with Crippen molar-refractivity contribution in [3.63, 3.8) is 0 Å². The summed E-state index contributed by atoms with van der Waals surface area (Å²) in [6.45, 7) is 0. The first kappa shape index (κ1) is 9.35. The molecule has 0 saturated heterocycles. The Bertz CT molecular complexity index is 656. The summed E-state index contributed by atoms with van der Waals surface area (Å²) in [6, 6.07) is 6.65. The third kappa shape index (κ3) is 1.37. The van der Waals surface area contributed by atoms with Gasteiger partial charge in [-0.2, -0.15) is 5.10 Å². The monoisotopic (exact) mass is 233 g/mol. The summed E-state index contributed by atoms with van der Waals surface area (Å²) in [6.07, 6.45) is 1.57. The van der Waals surface area contributed by atoms with Crippen molar-refractivity contribution >= 4 is 27.1 Å². The Morgan fingerprint density at radius 3 is 2.94 bits per heavy atom. The molecule has 0 aliphatic rings. The van der Waals surface area contributed by atoms with Crippen LogP contribution in [0.2, 0.25) is 0 Å². The van der Waals surface area contributed by atoms with Gasteiger partial charge in [0.2, 0.25) is 0 Å². The Kier molecular flexibility index (Phi) is 1.94. The van der Waals surface area contributed by atoms with Gasteiger partial charge < -0.3 is 5.73 Å². The zero-order valence-corrected chi connectivity index (χ0v) is 9.01. The molecule has 0 saturated carbocycles. The summed E-state index contributed by atoms with van der Waals surface area (Å²) in [5, 5.41) is 7.59. The first-order valence-corrected chi connectivity index (χ1v) is 5.54. The summed E-state index contributed by atoms with van der Waals surface area (Å²) in [4.78, 5) is 0.968. The standard InChI is InChI=1S/C11H8FN3S/c12-7-1-2-9-6(3-7)4-10(16-9)11-8(13)5-14-15-11/h1-5H,13H2,(H,14,15). The average Bonchev–Trinajstić information content (AvgIpc) is 2.82. The molecule has 5 heteroatoms. The number of nitrogens with zero attached hydrogens (tertiary/aromatic N) is 1. The second-order valence-corrected chi connectivity index (χ2v) is 4.58. The average molecular weight is 233 g/mol. The Morgan fingerprint density at radius 1 is 1.31 bits per heavy atom. The highest BCUT2D eigenvalue weighted by Gasteiger charge is 2.09. The van der Waals surface area contributed by atoms with E-state index in [-0.39, 0.29) is 5.82 Å². The lowest BCUT2D eigenvalue weighted by Crippen LogP contribution is -1.83. The molecule has 0 fully saturated rings. The van der Waals surface area contributed by atoms with Gasteiger partial charge in [0.05, 0.1) is 22.5 Å². The number of nitrogen functional groups attached to an aromatic ring is 1. The molecule has 3 N–H and O–H groups in total. The van der Waals surface area contributed by atoms with E-state index < -0.39 is 0 Å². The maximum Gasteiger partial charge on any atom is 0.123 e. The van der Waals surface area contributed by atoms with Crippen LogP contribution in [0.3, 0.4) is 0 Å². The minimum Gasteiger partial charge on any atom is -0.396 e. The van der Waals surface area contributed by atoms with E-state index in [4.69, 9.17) is 5.73 Å². The molecule has 2 heterocycles. The number of H-pyrrole nitrogens is 1. The quantitative estimate of drug-likeness (QED) is 0.678. The number of hydrogen-bond donors (Lipinski definition) is 2. The highest BCUT2D eigenvalue weighted by atomic mass is 32.1. The number of hydrogen-bond acceptors (Lipinski definition) is 3. The number of aromatic nitrogens is 2. The van der Waals surface area contributed by atoms with Crippen LogP contribution >= 0.6 is 11.3 Å². The number of aromatic amines is 1. The highest BCUT2D eigenvalue weighted by Crippen LogP contribution is 2.34. The van der Waals surface area contributed by atoms with Crippen LogP contribution in [0, 0.1) is 5.82 Å². The predicted molar refractivity (Wildman–Crippen MR) is 63.8 cm³/mol. The third-order valence-electron chi connectivity index (χ3n) is 2.39. The molecule has 1 aromatic carbocycles. The van der Waals surface area contributed by atoms with E-state index in [2.05, 4.69) is 10.2 Å². The smallest absolute Gasteiger partial charge is 0.123 e. The first-order chi connectivity index (χ1) is 7.74. The fraction of sp³-hybridized carbons (Fsp3) is 0. The van der Waals surface area contributed by atoms with Crippen molar-refractivity contribution < 1.29 is 4.39 Å². The molecular weight excluding hydrogens is 225 g/mol. The molecule has 16 heavy (non-hydrogen) atoms. The van der Waals surface area contributed by atoms with Crippen molar-refractivity contribution in [1.82, 2.24) is 10.2 Å². The normalized spacial score (nSPS) is 11.1. The first-order valence-electron chi connectivity index (χ1n) is 4.72. The number of rotatable bonds is 1. The van der Waals surface area contributed by atoms with Crippen molar-refractivity contribution in [2.75, 3.05) is 5.73 Å². The number of thiophene rings is 1. The van der Waals surface area contributed by atoms with E-state index in [1.807, 2.05) is 6.07 Å². The van der Waals surface area contributed by atoms with Crippen molar-refractivity contribution in [1.29, 1.82) is 0 Å². The van der Waals surface area contributed by atoms with Crippen molar-refractivity contribution in [2.24, 2.45) is 0 Å². The lowest BCUT2D eigenvalue weighted by atomic mass is 10.2. The number of nitrogens with two attached hydrogens (primary N) is 1. The van der Waals surface area contributed by atoms with Gasteiger partial charge in [-0.15, -0.1) is 11.3 Å². The number of nitrogens with one attached hydrogen (secondary N) is 1. The van der Waals surface area contributed by atoms with Crippen molar-refractivity contribution in [3.8, 4) is 10.6 Å². The second-order valence-electron chi connectivity index (χ2n) is 3.49. The molecular formula is C11H8FN3S. The number of anilines is 1. The van der Waals surface area contributed by atoms with Gasteiger partial charge in [-0.05, 0) is 29.7 Å². The SMILES string of the molecule is Nc1cn[nH]c1-c1cc2cc(F)ccc2s1. The van der Waals surface area contributed by atoms with Crippen molar-refractivity contribution in [3.05, 3.63) is 36.3 Å². The number of fused-ring (bicyclic) bond motifs is 1. The molecule has 80 valence electrons. The van der Waals surface area contributed by atoms with Crippen LogP contribution in [0.25, 0.3) is 20.7 Å². The molecule has 0 spiro atoms. The Balaban J connectivity index is 2.23. The molecule has 2 aromatic heterocycles. The van der Waals surface area contributed by atoms with E-state index in [9.17, 15) is 4.39 Å². The van der Waals surface area contributed by atoms with Crippen LogP contribution in [0.15, 0.2) is 30.5 Å². The van der Waals surface area contributed by atoms with Gasteiger partial charge >= 0.3 is 0 Å². The highest BCUT2D eigenvalue weighted by molar-refractivity contribution is 7.22. The molecule has 0 amide bonds. The topological polar surface area (TPSA) is 54.7 Å². The summed E-state index contributed by atoms with van der Waals surface area (Å²) in [5.41, 5.74) is 7.16. The summed E-state index contributed by atoms with van der Waals surface area (Å²) < 4.78 is 14.1. The maximum absolute atomic E-state index is 13.0. The molecule has 0 radical (unpaired) electrons. The van der Waals surface area contributed by atoms with Gasteiger partial charge in [0.1, 0.15) is 5.82 Å². The lowest BCUT2D eigenvalue weighted by molar-refractivity contribution is 0.630. The van der Waals surface area contributed by atoms with E-state index in [0.29, 0.717) is 5.69 Å². The number of halogens is 1. The summed E-state index contributed by atoms with van der Waals surface area (Å²) >= 11 is 1.56. The Morgan fingerprint density at radius 2 is 2.19 bits per heavy atom. The molecule has 3 nitrogen and oxygen atoms in total. The van der Waals surface area contributed by atoms with E-state index in [0.717, 1.165) is 20.7 Å². The molecule has 3 aromatic rings. The molecule has 0 bridgehead atoms. The van der Waals surface area contributed by atoms with Gasteiger partial charge in [0, 0.05) is 4.70 Å². The largest absolute Gasteiger partial charge is 0.396 e. The Labute approximate surface area is 94.7 Å². The summed E-state index contributed by atoms with van der Waals surface area (Å²) in [5.74, 6) is -0.227. The van der Waals surface area contributed by atoms with Crippen LogP contribution < -0.4 is 5.73 Å². The van der Waals surface area contributed by atoms with Gasteiger partial charge in [-0.25, -0.2) is 4.39 Å². The molecule has 0 unspecified atom stereocenters. The van der Waals surface area contributed by atoms with E-state index in [1.165, 1.54) is 12.1 Å². The zero-order valence-electron chi connectivity index (χ0n) is 8.20. The zero-order chi connectivity index (χ0) is 11.1. The van der Waals surface area contributed by atoms with Gasteiger partial charge in [-0.1, -0.05) is 0 Å². The fourth-order valence-electron chi connectivity index (χ4n) is 1.63. The van der Waals surface area contributed by atoms with E-state index >= 15 is 0 Å². The van der Waals surface area contributed by atoms with Crippen LogP contribution in [0.4, 0.5) is 10.1 Å². The summed E-state index contributed by atoms with van der Waals surface area (Å²) in [7, 11) is 0. The predicted octanol–water partition coefficient (Wildman–Crippen LogP) is 3.01. The molecule has 0 aliphatic carbocycles. The van der Waals surface area contributed by atoms with E-state index in [1.54, 1.807) is 23.6 Å². The molecule has 0 atom stereocenters. The molecule has 0 aliphatic heterocycles. The van der Waals surface area contributed by atoms with Gasteiger partial charge in [0.25, 0.3) is 0 Å². The van der Waals surface area contributed by atoms with Crippen molar-refractivity contribution in [2.45, 2.75) is 0 Å². The molecule has 3 rings (SSSR count). The minimum absolute atomic E-state index is 0.227.